The molecule has 0 aliphatic heterocycles. The molecule has 0 spiro atoms. The van der Waals surface area contributed by atoms with E-state index in [1.807, 2.05) is 18.2 Å². The molecule has 1 atom stereocenters. The van der Waals surface area contributed by atoms with Crippen LogP contribution in [0.4, 0.5) is 0 Å². The van der Waals surface area contributed by atoms with Crippen molar-refractivity contribution in [2.75, 3.05) is 12.5 Å². The van der Waals surface area contributed by atoms with Gasteiger partial charge in [-0.1, -0.05) is 37.3 Å². The van der Waals surface area contributed by atoms with Gasteiger partial charge in [-0.3, -0.25) is 0 Å². The topological polar surface area (TPSA) is 20.2 Å². The molecule has 0 heterocycles. The van der Waals surface area contributed by atoms with E-state index in [-0.39, 0.29) is 7.92 Å². The molecule has 0 aromatic heterocycles. The van der Waals surface area contributed by atoms with Gasteiger partial charge in [-0.2, -0.15) is 0 Å². The molecule has 0 unspecified atom stereocenters. The normalized spacial score (nSPS) is 12.9. The van der Waals surface area contributed by atoms with Crippen molar-refractivity contribution in [2.45, 2.75) is 6.92 Å². The summed E-state index contributed by atoms with van der Waals surface area (Å²) in [6.07, 6.45) is 1.38. The van der Waals surface area contributed by atoms with E-state index in [9.17, 15) is 0 Å². The second-order valence-electron chi connectivity index (χ2n) is 2.33. The molecule has 2 heteroatoms. The van der Waals surface area contributed by atoms with Gasteiger partial charge >= 0.3 is 0 Å². The van der Waals surface area contributed by atoms with Gasteiger partial charge in [0.25, 0.3) is 0 Å². The lowest BCUT2D eigenvalue weighted by Crippen LogP contribution is -2.03. The molecule has 1 aromatic carbocycles. The minimum atomic E-state index is -0.296. The summed E-state index contributed by atoms with van der Waals surface area (Å²) >= 11 is 0. The van der Waals surface area contributed by atoms with E-state index in [2.05, 4.69) is 19.1 Å². The maximum absolute atomic E-state index is 9.01. The highest BCUT2D eigenvalue weighted by Gasteiger charge is 2.04. The summed E-state index contributed by atoms with van der Waals surface area (Å²) in [5.41, 5.74) is 0. The average Bonchev–Trinajstić information content (AvgIpc) is 2.09. The minimum Gasteiger partial charge on any atom is -0.392 e. The molecule has 1 N–H and O–H groups in total. The van der Waals surface area contributed by atoms with Gasteiger partial charge < -0.3 is 5.11 Å². The maximum atomic E-state index is 9.01. The van der Waals surface area contributed by atoms with E-state index >= 15 is 0 Å². The van der Waals surface area contributed by atoms with E-state index in [1.54, 1.807) is 0 Å². The van der Waals surface area contributed by atoms with Gasteiger partial charge in [-0.15, -0.1) is 0 Å². The van der Waals surface area contributed by atoms with Crippen LogP contribution in [0.1, 0.15) is 6.92 Å². The molecule has 11 heavy (non-hydrogen) atoms. The number of rotatable bonds is 3. The molecule has 1 nitrogen and oxygen atoms in total. The Labute approximate surface area is 68.8 Å². The summed E-state index contributed by atoms with van der Waals surface area (Å²) in [7, 11) is -0.296. The summed E-state index contributed by atoms with van der Waals surface area (Å²) in [5, 5.41) is 10.3. The number of aliphatic hydroxyl groups excluding tert-OH is 1. The zero-order valence-corrected chi connectivity index (χ0v) is 7.59. The molecule has 0 aliphatic rings. The smallest absolute Gasteiger partial charge is 0.0666 e. The summed E-state index contributed by atoms with van der Waals surface area (Å²) in [4.78, 5) is 0. The fourth-order valence-electron chi connectivity index (χ4n) is 1.00. The first kappa shape index (κ1) is 8.70. The zero-order valence-electron chi connectivity index (χ0n) is 6.70. The number of benzene rings is 1. The van der Waals surface area contributed by atoms with Crippen LogP contribution in [-0.4, -0.2) is 17.6 Å². The van der Waals surface area contributed by atoms with E-state index in [1.165, 1.54) is 5.30 Å². The molecule has 60 valence electrons. The van der Waals surface area contributed by atoms with E-state index in [0.29, 0.717) is 6.35 Å². The Balaban J connectivity index is 2.74. The summed E-state index contributed by atoms with van der Waals surface area (Å²) in [6, 6.07) is 10.2. The van der Waals surface area contributed by atoms with Crippen molar-refractivity contribution in [3.05, 3.63) is 30.3 Å². The van der Waals surface area contributed by atoms with E-state index < -0.39 is 0 Å². The predicted octanol–water partition coefficient (Wildman–Crippen LogP) is 1.76. The Kier molecular flexibility index (Phi) is 3.55. The van der Waals surface area contributed by atoms with Crippen molar-refractivity contribution in [1.82, 2.24) is 0 Å². The highest BCUT2D eigenvalue weighted by Crippen LogP contribution is 2.31. The van der Waals surface area contributed by atoms with Crippen molar-refractivity contribution >= 4 is 13.2 Å². The van der Waals surface area contributed by atoms with Gasteiger partial charge in [0, 0.05) is 0 Å². The van der Waals surface area contributed by atoms with Gasteiger partial charge in [0.1, 0.15) is 0 Å². The van der Waals surface area contributed by atoms with Crippen LogP contribution >= 0.6 is 7.92 Å². The Hall–Kier alpha value is -0.390. The Morgan fingerprint density at radius 2 is 1.91 bits per heavy atom. The van der Waals surface area contributed by atoms with Crippen LogP contribution in [0.5, 0.6) is 0 Å². The quantitative estimate of drug-likeness (QED) is 0.682. The zero-order chi connectivity index (χ0) is 8.10. The number of hydrogen-bond acceptors (Lipinski definition) is 1. The molecule has 0 fully saturated rings. The first-order chi connectivity index (χ1) is 5.38. The third-order valence-electron chi connectivity index (χ3n) is 1.67. The third kappa shape index (κ3) is 2.28. The lowest BCUT2D eigenvalue weighted by Gasteiger charge is -2.11. The molecule has 0 saturated carbocycles. The molecular weight excluding hydrogens is 155 g/mol. The second-order valence-corrected chi connectivity index (χ2v) is 4.84. The number of aliphatic hydroxyl groups is 1. The summed E-state index contributed by atoms with van der Waals surface area (Å²) in [6.45, 7) is 2.12. The van der Waals surface area contributed by atoms with Crippen molar-refractivity contribution < 1.29 is 5.11 Å². The predicted molar refractivity (Wildman–Crippen MR) is 50.6 cm³/mol. The first-order valence-electron chi connectivity index (χ1n) is 3.79. The van der Waals surface area contributed by atoms with Crippen molar-refractivity contribution in [2.24, 2.45) is 0 Å². The average molecular weight is 168 g/mol. The van der Waals surface area contributed by atoms with Crippen LogP contribution in [0.3, 0.4) is 0 Å². The lowest BCUT2D eigenvalue weighted by atomic mass is 10.4. The van der Waals surface area contributed by atoms with E-state index in [0.717, 1.165) is 6.16 Å². The number of hydrogen-bond donors (Lipinski definition) is 1. The molecule has 0 aliphatic carbocycles. The first-order valence-corrected chi connectivity index (χ1v) is 5.50. The SMILES string of the molecule is CC[P@@](CO)c1ccccc1. The highest BCUT2D eigenvalue weighted by atomic mass is 31.1. The summed E-state index contributed by atoms with van der Waals surface area (Å²) < 4.78 is 0. The minimum absolute atomic E-state index is 0.296. The molecule has 0 radical (unpaired) electrons. The van der Waals surface area contributed by atoms with Crippen LogP contribution in [-0.2, 0) is 0 Å². The Morgan fingerprint density at radius 3 is 2.36 bits per heavy atom. The van der Waals surface area contributed by atoms with Gasteiger partial charge in [0.2, 0.25) is 0 Å². The fraction of sp³-hybridized carbons (Fsp3) is 0.333. The monoisotopic (exact) mass is 168 g/mol. The van der Waals surface area contributed by atoms with E-state index in [4.69, 9.17) is 5.11 Å². The van der Waals surface area contributed by atoms with Crippen LogP contribution in [0, 0.1) is 0 Å². The highest BCUT2D eigenvalue weighted by molar-refractivity contribution is 7.65. The van der Waals surface area contributed by atoms with Gasteiger partial charge in [-0.25, -0.2) is 0 Å². The largest absolute Gasteiger partial charge is 0.392 e. The lowest BCUT2D eigenvalue weighted by molar-refractivity contribution is 0.371. The third-order valence-corrected chi connectivity index (χ3v) is 3.81. The van der Waals surface area contributed by atoms with Crippen molar-refractivity contribution in [3.8, 4) is 0 Å². The second kappa shape index (κ2) is 4.48. The molecule has 1 rings (SSSR count). The van der Waals surface area contributed by atoms with Crippen LogP contribution < -0.4 is 5.30 Å². The van der Waals surface area contributed by atoms with Crippen LogP contribution in [0.2, 0.25) is 0 Å². The van der Waals surface area contributed by atoms with Gasteiger partial charge in [-0.05, 0) is 19.4 Å². The molecular formula is C9H13OP. The molecule has 0 bridgehead atoms. The maximum Gasteiger partial charge on any atom is 0.0666 e. The van der Waals surface area contributed by atoms with Gasteiger partial charge in [0.05, 0.1) is 6.35 Å². The van der Waals surface area contributed by atoms with Gasteiger partial charge in [0.15, 0.2) is 0 Å². The van der Waals surface area contributed by atoms with Crippen LogP contribution in [0.15, 0.2) is 30.3 Å². The standard InChI is InChI=1S/C9H13OP/c1-2-11(8-10)9-6-4-3-5-7-9/h3-7,10H,2,8H2,1H3/t11-/m0/s1. The molecule has 0 amide bonds. The Morgan fingerprint density at radius 1 is 1.27 bits per heavy atom. The molecule has 1 aromatic rings. The van der Waals surface area contributed by atoms with Crippen molar-refractivity contribution in [1.29, 1.82) is 0 Å². The van der Waals surface area contributed by atoms with Crippen LogP contribution in [0.25, 0.3) is 0 Å². The Bertz CT molecular complexity index is 194. The summed E-state index contributed by atoms with van der Waals surface area (Å²) in [5.74, 6) is 0. The van der Waals surface area contributed by atoms with Crippen molar-refractivity contribution in [3.63, 3.8) is 0 Å². The molecule has 0 saturated heterocycles. The fourth-order valence-corrected chi connectivity index (χ4v) is 2.33.